The molecule has 0 spiro atoms. The third-order valence-electron chi connectivity index (χ3n) is 2.83. The second kappa shape index (κ2) is 4.44. The molecule has 0 unspecified atom stereocenters. The van der Waals surface area contributed by atoms with Gasteiger partial charge in [0.05, 0.1) is 0 Å². The van der Waals surface area contributed by atoms with Crippen LogP contribution in [0, 0.1) is 13.8 Å². The van der Waals surface area contributed by atoms with E-state index in [1.54, 1.807) is 19.1 Å². The quantitative estimate of drug-likeness (QED) is 0.494. The Bertz CT molecular complexity index is 700. The molecule has 0 aliphatic rings. The molecule has 2 aromatic rings. The highest BCUT2D eigenvalue weighted by Gasteiger charge is 2.08. The fourth-order valence-corrected chi connectivity index (χ4v) is 1.70. The molecule has 0 aliphatic heterocycles. The average molecular weight is 245 g/mol. The van der Waals surface area contributed by atoms with Crippen LogP contribution in [0.3, 0.4) is 0 Å². The molecular formula is C13H11NO4. The highest BCUT2D eigenvalue weighted by molar-refractivity contribution is 6.29. The van der Waals surface area contributed by atoms with E-state index in [4.69, 9.17) is 4.42 Å². The van der Waals surface area contributed by atoms with Crippen molar-refractivity contribution in [1.29, 1.82) is 0 Å². The molecule has 5 heteroatoms. The first-order valence-corrected chi connectivity index (χ1v) is 5.33. The summed E-state index contributed by atoms with van der Waals surface area (Å²) >= 11 is 0. The second-order valence-electron chi connectivity index (χ2n) is 3.96. The standard InChI is InChI=1S/C13H11NO4/c1-7-8(2)13(17)18-11-5-9(3-4-10(7)11)14-12(16)6-15/h3-6H,1-2H3,(H,14,16). The summed E-state index contributed by atoms with van der Waals surface area (Å²) in [7, 11) is 0. The van der Waals surface area contributed by atoms with Gasteiger partial charge in [-0.15, -0.1) is 0 Å². The Morgan fingerprint density at radius 3 is 2.67 bits per heavy atom. The number of aldehydes is 1. The van der Waals surface area contributed by atoms with Crippen LogP contribution in [0.1, 0.15) is 11.1 Å². The van der Waals surface area contributed by atoms with Crippen molar-refractivity contribution >= 4 is 28.8 Å². The minimum Gasteiger partial charge on any atom is -0.422 e. The highest BCUT2D eigenvalue weighted by Crippen LogP contribution is 2.22. The lowest BCUT2D eigenvalue weighted by Crippen LogP contribution is -2.12. The lowest BCUT2D eigenvalue weighted by atomic mass is 10.1. The zero-order chi connectivity index (χ0) is 13.3. The van der Waals surface area contributed by atoms with Gasteiger partial charge < -0.3 is 9.73 Å². The maximum absolute atomic E-state index is 11.5. The zero-order valence-corrected chi connectivity index (χ0v) is 9.94. The van der Waals surface area contributed by atoms with Crippen molar-refractivity contribution in [2.75, 3.05) is 5.32 Å². The summed E-state index contributed by atoms with van der Waals surface area (Å²) in [6.45, 7) is 3.53. The molecule has 92 valence electrons. The molecular weight excluding hydrogens is 234 g/mol. The van der Waals surface area contributed by atoms with Crippen LogP contribution in [0.4, 0.5) is 5.69 Å². The minimum absolute atomic E-state index is 0.181. The van der Waals surface area contributed by atoms with E-state index in [2.05, 4.69) is 5.32 Å². The van der Waals surface area contributed by atoms with Crippen molar-refractivity contribution < 1.29 is 14.0 Å². The van der Waals surface area contributed by atoms with Crippen LogP contribution in [-0.4, -0.2) is 12.2 Å². The monoisotopic (exact) mass is 245 g/mol. The van der Waals surface area contributed by atoms with Crippen molar-refractivity contribution in [1.82, 2.24) is 0 Å². The predicted octanol–water partition coefficient (Wildman–Crippen LogP) is 1.55. The smallest absolute Gasteiger partial charge is 0.339 e. The van der Waals surface area contributed by atoms with E-state index in [9.17, 15) is 14.4 Å². The zero-order valence-electron chi connectivity index (χ0n) is 9.94. The van der Waals surface area contributed by atoms with Gasteiger partial charge in [0.15, 0.2) is 0 Å². The normalized spacial score (nSPS) is 10.3. The fraction of sp³-hybridized carbons (Fsp3) is 0.154. The average Bonchev–Trinajstić information content (AvgIpc) is 2.35. The summed E-state index contributed by atoms with van der Waals surface area (Å²) in [5.41, 5.74) is 1.79. The summed E-state index contributed by atoms with van der Waals surface area (Å²) in [6, 6.07) is 4.90. The molecule has 1 amide bonds. The van der Waals surface area contributed by atoms with Crippen molar-refractivity contribution in [2.24, 2.45) is 0 Å². The van der Waals surface area contributed by atoms with Gasteiger partial charge in [-0.3, -0.25) is 9.59 Å². The van der Waals surface area contributed by atoms with E-state index >= 15 is 0 Å². The van der Waals surface area contributed by atoms with E-state index in [1.165, 1.54) is 6.07 Å². The number of carbonyl (C=O) groups excluding carboxylic acids is 2. The maximum Gasteiger partial charge on any atom is 0.339 e. The molecule has 0 atom stereocenters. The number of anilines is 1. The molecule has 0 bridgehead atoms. The summed E-state index contributed by atoms with van der Waals surface area (Å²) < 4.78 is 5.13. The molecule has 0 aliphatic carbocycles. The third-order valence-corrected chi connectivity index (χ3v) is 2.83. The van der Waals surface area contributed by atoms with Crippen LogP contribution in [0.25, 0.3) is 11.0 Å². The Kier molecular flexibility index (Phi) is 2.97. The van der Waals surface area contributed by atoms with Gasteiger partial charge in [-0.25, -0.2) is 4.79 Å². The lowest BCUT2D eigenvalue weighted by Gasteiger charge is -2.06. The number of fused-ring (bicyclic) bond motifs is 1. The first kappa shape index (κ1) is 12.0. The summed E-state index contributed by atoms with van der Waals surface area (Å²) in [5.74, 6) is -0.750. The van der Waals surface area contributed by atoms with Gasteiger partial charge in [0.25, 0.3) is 5.91 Å². The molecule has 0 saturated heterocycles. The maximum atomic E-state index is 11.5. The van der Waals surface area contributed by atoms with E-state index in [0.29, 0.717) is 16.8 Å². The summed E-state index contributed by atoms with van der Waals surface area (Å²) in [5, 5.41) is 3.17. The fourth-order valence-electron chi connectivity index (χ4n) is 1.70. The molecule has 1 aromatic heterocycles. The molecule has 1 N–H and O–H groups in total. The molecule has 1 heterocycles. The summed E-state index contributed by atoms with van der Waals surface area (Å²) in [6.07, 6.45) is 0.181. The molecule has 5 nitrogen and oxygen atoms in total. The number of rotatable bonds is 2. The van der Waals surface area contributed by atoms with E-state index < -0.39 is 11.5 Å². The number of carbonyl (C=O) groups is 2. The van der Waals surface area contributed by atoms with E-state index in [0.717, 1.165) is 10.9 Å². The van der Waals surface area contributed by atoms with Gasteiger partial charge in [-0.2, -0.15) is 0 Å². The van der Waals surface area contributed by atoms with Crippen LogP contribution in [0.2, 0.25) is 0 Å². The van der Waals surface area contributed by atoms with Crippen molar-refractivity contribution in [3.63, 3.8) is 0 Å². The van der Waals surface area contributed by atoms with Gasteiger partial charge in [0.2, 0.25) is 6.29 Å². The van der Waals surface area contributed by atoms with Crippen LogP contribution < -0.4 is 10.9 Å². The van der Waals surface area contributed by atoms with Gasteiger partial charge in [-0.05, 0) is 31.5 Å². The van der Waals surface area contributed by atoms with Gasteiger partial charge in [0.1, 0.15) is 5.58 Å². The van der Waals surface area contributed by atoms with Crippen LogP contribution in [0.15, 0.2) is 27.4 Å². The SMILES string of the molecule is Cc1c(C)c2ccc(NC(=O)C=O)cc2oc1=O. The van der Waals surface area contributed by atoms with Crippen LogP contribution in [0.5, 0.6) is 0 Å². The Hall–Kier alpha value is -2.43. The third kappa shape index (κ3) is 2.02. The van der Waals surface area contributed by atoms with Crippen LogP contribution in [-0.2, 0) is 9.59 Å². The summed E-state index contributed by atoms with van der Waals surface area (Å²) in [4.78, 5) is 32.7. The predicted molar refractivity (Wildman–Crippen MR) is 66.7 cm³/mol. The number of amides is 1. The van der Waals surface area contributed by atoms with Gasteiger partial charge in [-0.1, -0.05) is 0 Å². The Morgan fingerprint density at radius 2 is 2.00 bits per heavy atom. The van der Waals surface area contributed by atoms with Crippen molar-refractivity contribution in [3.8, 4) is 0 Å². The van der Waals surface area contributed by atoms with Gasteiger partial charge in [0, 0.05) is 22.7 Å². The molecule has 0 saturated carbocycles. The lowest BCUT2D eigenvalue weighted by molar-refractivity contribution is -0.127. The van der Waals surface area contributed by atoms with Crippen molar-refractivity contribution in [2.45, 2.75) is 13.8 Å². The number of nitrogens with one attached hydrogen (secondary N) is 1. The molecule has 0 fully saturated rings. The second-order valence-corrected chi connectivity index (χ2v) is 3.96. The molecule has 18 heavy (non-hydrogen) atoms. The number of benzene rings is 1. The van der Waals surface area contributed by atoms with Gasteiger partial charge >= 0.3 is 5.63 Å². The molecule has 0 radical (unpaired) electrons. The Labute approximate surface area is 102 Å². The van der Waals surface area contributed by atoms with E-state index in [-0.39, 0.29) is 6.29 Å². The first-order chi connectivity index (χ1) is 8.52. The number of hydrogen-bond acceptors (Lipinski definition) is 4. The topological polar surface area (TPSA) is 76.4 Å². The number of aryl methyl sites for hydroxylation is 1. The first-order valence-electron chi connectivity index (χ1n) is 5.33. The molecule has 2 rings (SSSR count). The molecule has 1 aromatic carbocycles. The highest BCUT2D eigenvalue weighted by atomic mass is 16.4. The van der Waals surface area contributed by atoms with E-state index in [1.807, 2.05) is 6.92 Å². The number of hydrogen-bond donors (Lipinski definition) is 1. The van der Waals surface area contributed by atoms with Crippen LogP contribution >= 0.6 is 0 Å². The Morgan fingerprint density at radius 1 is 1.28 bits per heavy atom. The van der Waals surface area contributed by atoms with Crippen molar-refractivity contribution in [3.05, 3.63) is 39.7 Å². The largest absolute Gasteiger partial charge is 0.422 e. The Balaban J connectivity index is 2.59. The minimum atomic E-state index is -0.750.